The molecule has 0 spiro atoms. The van der Waals surface area contributed by atoms with Crippen LogP contribution >= 0.6 is 0 Å². The molecule has 1 aromatic rings. The number of nitrogens with zero attached hydrogens (tertiary/aromatic N) is 3. The number of ether oxygens (including phenoxy) is 2. The lowest BCUT2D eigenvalue weighted by molar-refractivity contribution is 0.165. The van der Waals surface area contributed by atoms with Gasteiger partial charge in [0.15, 0.2) is 5.82 Å². The average molecular weight is 264 g/mol. The molecule has 19 heavy (non-hydrogen) atoms. The van der Waals surface area contributed by atoms with E-state index in [4.69, 9.17) is 9.47 Å². The van der Waals surface area contributed by atoms with E-state index >= 15 is 0 Å². The van der Waals surface area contributed by atoms with Gasteiger partial charge in [-0.3, -0.25) is 4.98 Å². The maximum Gasteiger partial charge on any atom is 0.234 e. The van der Waals surface area contributed by atoms with E-state index in [9.17, 15) is 0 Å². The number of nitrogens with one attached hydrogen (secondary N) is 1. The molecule has 0 radical (unpaired) electrons. The second kappa shape index (κ2) is 6.16. The standard InChI is InChI=1S/C13H20N4O2/c1-6-18-9-11(1)10-19-13-8-15-7-12(16-13)17-4-2-14-3-5-17/h7-8,11,14H,1-6,9-10H2. The Balaban J connectivity index is 1.58. The molecule has 2 saturated heterocycles. The molecule has 3 heterocycles. The SMILES string of the molecule is c1ncc(N2CCNCC2)nc1OCC1CCOC1. The predicted octanol–water partition coefficient (Wildman–Crippen LogP) is 0.301. The molecular formula is C13H20N4O2. The molecule has 0 aliphatic carbocycles. The van der Waals surface area contributed by atoms with E-state index in [-0.39, 0.29) is 0 Å². The van der Waals surface area contributed by atoms with Crippen LogP contribution in [0, 0.1) is 5.92 Å². The van der Waals surface area contributed by atoms with E-state index in [2.05, 4.69) is 20.2 Å². The number of anilines is 1. The van der Waals surface area contributed by atoms with E-state index in [0.717, 1.165) is 51.6 Å². The van der Waals surface area contributed by atoms with Crippen LogP contribution < -0.4 is 15.0 Å². The smallest absolute Gasteiger partial charge is 0.234 e. The molecular weight excluding hydrogens is 244 g/mol. The first kappa shape index (κ1) is 12.6. The Kier molecular flexibility index (Phi) is 4.10. The molecule has 0 aromatic carbocycles. The lowest BCUT2D eigenvalue weighted by atomic mass is 10.1. The molecule has 0 saturated carbocycles. The van der Waals surface area contributed by atoms with Crippen molar-refractivity contribution >= 4 is 5.82 Å². The van der Waals surface area contributed by atoms with E-state index in [1.54, 1.807) is 12.4 Å². The van der Waals surface area contributed by atoms with Gasteiger partial charge in [0.1, 0.15) is 0 Å². The first-order valence-electron chi connectivity index (χ1n) is 6.90. The normalized spacial score (nSPS) is 23.6. The summed E-state index contributed by atoms with van der Waals surface area (Å²) < 4.78 is 11.1. The summed E-state index contributed by atoms with van der Waals surface area (Å²) >= 11 is 0. The van der Waals surface area contributed by atoms with Crippen LogP contribution in [0.2, 0.25) is 0 Å². The van der Waals surface area contributed by atoms with E-state index in [1.807, 2.05) is 0 Å². The molecule has 0 amide bonds. The number of hydrogen-bond donors (Lipinski definition) is 1. The zero-order valence-electron chi connectivity index (χ0n) is 11.0. The monoisotopic (exact) mass is 264 g/mol. The van der Waals surface area contributed by atoms with E-state index < -0.39 is 0 Å². The summed E-state index contributed by atoms with van der Waals surface area (Å²) in [4.78, 5) is 11.0. The van der Waals surface area contributed by atoms with Gasteiger partial charge in [-0.15, -0.1) is 0 Å². The van der Waals surface area contributed by atoms with Crippen molar-refractivity contribution in [1.82, 2.24) is 15.3 Å². The fraction of sp³-hybridized carbons (Fsp3) is 0.692. The maximum absolute atomic E-state index is 5.73. The van der Waals surface area contributed by atoms with Crippen molar-refractivity contribution in [2.24, 2.45) is 5.92 Å². The maximum atomic E-state index is 5.73. The summed E-state index contributed by atoms with van der Waals surface area (Å²) in [5.41, 5.74) is 0. The van der Waals surface area contributed by atoms with Gasteiger partial charge in [-0.1, -0.05) is 0 Å². The number of piperazine rings is 1. The minimum absolute atomic E-state index is 0.490. The molecule has 6 nitrogen and oxygen atoms in total. The predicted molar refractivity (Wildman–Crippen MR) is 71.5 cm³/mol. The van der Waals surface area contributed by atoms with Crippen LogP contribution in [0.15, 0.2) is 12.4 Å². The Morgan fingerprint density at radius 2 is 2.26 bits per heavy atom. The summed E-state index contributed by atoms with van der Waals surface area (Å²) in [6.45, 7) is 6.23. The summed E-state index contributed by atoms with van der Waals surface area (Å²) in [7, 11) is 0. The van der Waals surface area contributed by atoms with Crippen molar-refractivity contribution < 1.29 is 9.47 Å². The lowest BCUT2D eigenvalue weighted by Crippen LogP contribution is -2.43. The fourth-order valence-electron chi connectivity index (χ4n) is 2.37. The molecule has 1 N–H and O–H groups in total. The van der Waals surface area contributed by atoms with Gasteiger partial charge in [0.25, 0.3) is 0 Å². The van der Waals surface area contributed by atoms with Crippen LogP contribution in [0.5, 0.6) is 5.88 Å². The Labute approximate surface area is 113 Å². The third-order valence-electron chi connectivity index (χ3n) is 3.53. The minimum Gasteiger partial charge on any atom is -0.476 e. The zero-order valence-corrected chi connectivity index (χ0v) is 11.0. The molecule has 2 aliphatic rings. The van der Waals surface area contributed by atoms with Gasteiger partial charge in [0, 0.05) is 38.7 Å². The lowest BCUT2D eigenvalue weighted by Gasteiger charge is -2.28. The van der Waals surface area contributed by atoms with Crippen molar-refractivity contribution in [3.05, 3.63) is 12.4 Å². The Morgan fingerprint density at radius 3 is 3.05 bits per heavy atom. The van der Waals surface area contributed by atoms with Crippen LogP contribution in [0.25, 0.3) is 0 Å². The third kappa shape index (κ3) is 3.33. The largest absolute Gasteiger partial charge is 0.476 e. The van der Waals surface area contributed by atoms with Crippen LogP contribution in [0.1, 0.15) is 6.42 Å². The second-order valence-corrected chi connectivity index (χ2v) is 4.99. The van der Waals surface area contributed by atoms with Crippen LogP contribution in [0.4, 0.5) is 5.82 Å². The summed E-state index contributed by atoms with van der Waals surface area (Å²) in [5, 5.41) is 3.33. The molecule has 104 valence electrons. The highest BCUT2D eigenvalue weighted by molar-refractivity contribution is 5.38. The van der Waals surface area contributed by atoms with Crippen LogP contribution in [0.3, 0.4) is 0 Å². The zero-order chi connectivity index (χ0) is 12.9. The molecule has 3 rings (SSSR count). The summed E-state index contributed by atoms with van der Waals surface area (Å²) in [6, 6.07) is 0. The highest BCUT2D eigenvalue weighted by Gasteiger charge is 2.17. The van der Waals surface area contributed by atoms with Gasteiger partial charge >= 0.3 is 0 Å². The first-order valence-corrected chi connectivity index (χ1v) is 6.90. The molecule has 1 aromatic heterocycles. The molecule has 2 aliphatic heterocycles. The topological polar surface area (TPSA) is 59.5 Å². The van der Waals surface area contributed by atoms with Crippen molar-refractivity contribution in [3.63, 3.8) is 0 Å². The van der Waals surface area contributed by atoms with E-state index in [1.165, 1.54) is 0 Å². The molecule has 6 heteroatoms. The Bertz CT molecular complexity index is 403. The number of hydrogen-bond acceptors (Lipinski definition) is 6. The van der Waals surface area contributed by atoms with Gasteiger partial charge in [0.05, 0.1) is 25.6 Å². The van der Waals surface area contributed by atoms with Crippen LogP contribution in [-0.2, 0) is 4.74 Å². The quantitative estimate of drug-likeness (QED) is 0.844. The molecule has 1 atom stereocenters. The molecule has 0 bridgehead atoms. The van der Waals surface area contributed by atoms with Gasteiger partial charge in [-0.2, -0.15) is 4.98 Å². The summed E-state index contributed by atoms with van der Waals surface area (Å²) in [5.74, 6) is 2.01. The third-order valence-corrected chi connectivity index (χ3v) is 3.53. The van der Waals surface area contributed by atoms with Crippen molar-refractivity contribution in [2.75, 3.05) is 50.9 Å². The van der Waals surface area contributed by atoms with Gasteiger partial charge in [-0.25, -0.2) is 0 Å². The average Bonchev–Trinajstić information content (AvgIpc) is 3.00. The molecule has 1 unspecified atom stereocenters. The van der Waals surface area contributed by atoms with Gasteiger partial charge in [-0.05, 0) is 6.42 Å². The Hall–Kier alpha value is -1.40. The number of rotatable bonds is 4. The Morgan fingerprint density at radius 1 is 1.37 bits per heavy atom. The highest BCUT2D eigenvalue weighted by Crippen LogP contribution is 2.17. The van der Waals surface area contributed by atoms with Gasteiger partial charge in [0.2, 0.25) is 5.88 Å². The van der Waals surface area contributed by atoms with Crippen molar-refractivity contribution in [3.8, 4) is 5.88 Å². The van der Waals surface area contributed by atoms with E-state index in [0.29, 0.717) is 18.4 Å². The van der Waals surface area contributed by atoms with Gasteiger partial charge < -0.3 is 19.7 Å². The fourth-order valence-corrected chi connectivity index (χ4v) is 2.37. The highest BCUT2D eigenvalue weighted by atomic mass is 16.5. The van der Waals surface area contributed by atoms with Crippen molar-refractivity contribution in [1.29, 1.82) is 0 Å². The van der Waals surface area contributed by atoms with Crippen molar-refractivity contribution in [2.45, 2.75) is 6.42 Å². The number of aromatic nitrogens is 2. The minimum atomic E-state index is 0.490. The second-order valence-electron chi connectivity index (χ2n) is 4.99. The van der Waals surface area contributed by atoms with Crippen LogP contribution in [-0.4, -0.2) is 56.0 Å². The first-order chi connectivity index (χ1) is 9.42. The molecule has 2 fully saturated rings. The summed E-state index contributed by atoms with van der Waals surface area (Å²) in [6.07, 6.45) is 4.56.